The smallest absolute Gasteiger partial charge is 0.339 e. The molecule has 0 heterocycles. The van der Waals surface area contributed by atoms with Gasteiger partial charge in [0, 0.05) is 15.5 Å². The van der Waals surface area contributed by atoms with Crippen LogP contribution in [0.1, 0.15) is 26.3 Å². The van der Waals surface area contributed by atoms with E-state index in [2.05, 4.69) is 0 Å². The number of ether oxygens (including phenoxy) is 1. The van der Waals surface area contributed by atoms with Crippen molar-refractivity contribution in [2.24, 2.45) is 0 Å². The lowest BCUT2D eigenvalue weighted by molar-refractivity contribution is 0.0596. The van der Waals surface area contributed by atoms with E-state index in [1.165, 1.54) is 24.9 Å². The van der Waals surface area contributed by atoms with Crippen LogP contribution in [0.25, 0.3) is 0 Å². The maximum absolute atomic E-state index is 11.8. The summed E-state index contributed by atoms with van der Waals surface area (Å²) in [4.78, 5) is 24.3. The number of nitrogen functional groups attached to an aromatic ring is 1. The minimum atomic E-state index is -1.02. The molecular weight excluding hydrogens is 302 g/mol. The molecule has 3 N–H and O–H groups in total. The molecule has 0 aliphatic carbocycles. The average Bonchev–Trinajstić information content (AvgIpc) is 2.50. The fourth-order valence-electron chi connectivity index (χ4n) is 1.97. The number of carboxylic acids is 1. The highest BCUT2D eigenvalue weighted by molar-refractivity contribution is 7.99. The zero-order valence-corrected chi connectivity index (χ0v) is 12.9. The molecule has 0 atom stereocenters. The van der Waals surface area contributed by atoms with E-state index in [1.807, 2.05) is 6.07 Å². The summed E-state index contributed by atoms with van der Waals surface area (Å²) in [6, 6.07) is 10.2. The first-order chi connectivity index (χ1) is 10.4. The molecule has 0 aliphatic heterocycles. The molecule has 0 saturated heterocycles. The third-order valence-corrected chi connectivity index (χ3v) is 4.25. The number of hydrogen-bond donors (Lipinski definition) is 2. The molecular formula is C16H15NO4S. The summed E-state index contributed by atoms with van der Waals surface area (Å²) in [7, 11) is 1.32. The van der Waals surface area contributed by atoms with E-state index in [1.54, 1.807) is 31.2 Å². The number of carboxylic acid groups (broad SMARTS) is 1. The van der Waals surface area contributed by atoms with Crippen molar-refractivity contribution in [3.63, 3.8) is 0 Å². The SMILES string of the molecule is COC(=O)c1ccccc1Sc1cc(C)c(C(=O)O)cc1N. The Morgan fingerprint density at radius 3 is 2.45 bits per heavy atom. The number of rotatable bonds is 4. The van der Waals surface area contributed by atoms with Crippen molar-refractivity contribution >= 4 is 29.4 Å². The van der Waals surface area contributed by atoms with Crippen LogP contribution in [0, 0.1) is 6.92 Å². The zero-order valence-electron chi connectivity index (χ0n) is 12.1. The molecule has 0 radical (unpaired) electrons. The number of benzene rings is 2. The number of aryl methyl sites for hydroxylation is 1. The quantitative estimate of drug-likeness (QED) is 0.665. The molecule has 6 heteroatoms. The molecule has 5 nitrogen and oxygen atoms in total. The average molecular weight is 317 g/mol. The number of hydrogen-bond acceptors (Lipinski definition) is 5. The third-order valence-electron chi connectivity index (χ3n) is 3.10. The highest BCUT2D eigenvalue weighted by atomic mass is 32.2. The Bertz CT molecular complexity index is 743. The minimum Gasteiger partial charge on any atom is -0.478 e. The Balaban J connectivity index is 2.42. The number of aromatic carboxylic acids is 1. The van der Waals surface area contributed by atoms with Crippen molar-refractivity contribution < 1.29 is 19.4 Å². The Kier molecular flexibility index (Phi) is 4.72. The van der Waals surface area contributed by atoms with Crippen LogP contribution in [-0.2, 0) is 4.74 Å². The van der Waals surface area contributed by atoms with Gasteiger partial charge in [-0.25, -0.2) is 9.59 Å². The lowest BCUT2D eigenvalue weighted by atomic mass is 10.1. The van der Waals surface area contributed by atoms with Crippen molar-refractivity contribution in [2.45, 2.75) is 16.7 Å². The van der Waals surface area contributed by atoms with Crippen LogP contribution in [0.2, 0.25) is 0 Å². The summed E-state index contributed by atoms with van der Waals surface area (Å²) in [5.74, 6) is -1.45. The molecule has 2 aromatic rings. The normalized spacial score (nSPS) is 10.3. The summed E-state index contributed by atoms with van der Waals surface area (Å²) in [6.07, 6.45) is 0. The number of carbonyl (C=O) groups is 2. The van der Waals surface area contributed by atoms with E-state index in [0.717, 1.165) is 0 Å². The second-order valence-corrected chi connectivity index (χ2v) is 5.68. The molecule has 0 bridgehead atoms. The predicted molar refractivity (Wildman–Crippen MR) is 84.5 cm³/mol. The van der Waals surface area contributed by atoms with Crippen molar-refractivity contribution in [2.75, 3.05) is 12.8 Å². The molecule has 0 spiro atoms. The summed E-state index contributed by atoms with van der Waals surface area (Å²) < 4.78 is 4.76. The summed E-state index contributed by atoms with van der Waals surface area (Å²) in [5.41, 5.74) is 7.51. The van der Waals surface area contributed by atoms with Crippen LogP contribution >= 0.6 is 11.8 Å². The van der Waals surface area contributed by atoms with Gasteiger partial charge in [0.05, 0.1) is 18.2 Å². The Morgan fingerprint density at radius 1 is 1.14 bits per heavy atom. The highest BCUT2D eigenvalue weighted by Gasteiger charge is 2.15. The number of esters is 1. The molecule has 22 heavy (non-hydrogen) atoms. The molecule has 0 fully saturated rings. The van der Waals surface area contributed by atoms with E-state index in [-0.39, 0.29) is 5.56 Å². The second-order valence-electron chi connectivity index (χ2n) is 4.60. The van der Waals surface area contributed by atoms with E-state index in [9.17, 15) is 9.59 Å². The van der Waals surface area contributed by atoms with Gasteiger partial charge in [-0.3, -0.25) is 0 Å². The molecule has 114 valence electrons. The van der Waals surface area contributed by atoms with Crippen molar-refractivity contribution in [1.82, 2.24) is 0 Å². The van der Waals surface area contributed by atoms with Gasteiger partial charge in [-0.1, -0.05) is 23.9 Å². The van der Waals surface area contributed by atoms with Gasteiger partial charge in [0.15, 0.2) is 0 Å². The van der Waals surface area contributed by atoms with Gasteiger partial charge in [0.25, 0.3) is 0 Å². The Morgan fingerprint density at radius 2 is 1.82 bits per heavy atom. The highest BCUT2D eigenvalue weighted by Crippen LogP contribution is 2.36. The standard InChI is InChI=1S/C16H15NO4S/c1-9-7-14(12(17)8-11(9)15(18)19)22-13-6-4-3-5-10(13)16(20)21-2/h3-8H,17H2,1-2H3,(H,18,19). The van der Waals surface area contributed by atoms with E-state index >= 15 is 0 Å². The summed E-state index contributed by atoms with van der Waals surface area (Å²) >= 11 is 1.30. The third kappa shape index (κ3) is 3.23. The van der Waals surface area contributed by atoms with Gasteiger partial charge in [0.2, 0.25) is 0 Å². The minimum absolute atomic E-state index is 0.170. The van der Waals surface area contributed by atoms with Crippen molar-refractivity contribution in [3.8, 4) is 0 Å². The van der Waals surface area contributed by atoms with Crippen LogP contribution in [0.3, 0.4) is 0 Å². The first kappa shape index (κ1) is 15.9. The molecule has 0 aromatic heterocycles. The predicted octanol–water partition coefficient (Wildman–Crippen LogP) is 3.21. The molecule has 0 aliphatic rings. The van der Waals surface area contributed by atoms with Crippen LogP contribution in [0.4, 0.5) is 5.69 Å². The molecule has 0 amide bonds. The topological polar surface area (TPSA) is 89.6 Å². The largest absolute Gasteiger partial charge is 0.478 e. The molecule has 0 saturated carbocycles. The van der Waals surface area contributed by atoms with Gasteiger partial charge >= 0.3 is 11.9 Å². The lowest BCUT2D eigenvalue weighted by Crippen LogP contribution is -2.04. The first-order valence-electron chi connectivity index (χ1n) is 6.42. The fraction of sp³-hybridized carbons (Fsp3) is 0.125. The molecule has 2 rings (SSSR count). The van der Waals surface area contributed by atoms with Crippen LogP contribution in [0.5, 0.6) is 0 Å². The fourth-order valence-corrected chi connectivity index (χ4v) is 3.03. The number of nitrogens with two attached hydrogens (primary N) is 1. The monoisotopic (exact) mass is 317 g/mol. The van der Waals surface area contributed by atoms with Crippen LogP contribution < -0.4 is 5.73 Å². The molecule has 0 unspecified atom stereocenters. The Hall–Kier alpha value is -2.47. The number of methoxy groups -OCH3 is 1. The van der Waals surface area contributed by atoms with Gasteiger partial charge in [0.1, 0.15) is 0 Å². The van der Waals surface area contributed by atoms with Crippen LogP contribution in [-0.4, -0.2) is 24.2 Å². The van der Waals surface area contributed by atoms with Gasteiger partial charge in [-0.2, -0.15) is 0 Å². The van der Waals surface area contributed by atoms with E-state index in [0.29, 0.717) is 26.6 Å². The van der Waals surface area contributed by atoms with Gasteiger partial charge < -0.3 is 15.6 Å². The number of carbonyl (C=O) groups excluding carboxylic acids is 1. The summed E-state index contributed by atoms with van der Waals surface area (Å²) in [6.45, 7) is 1.71. The Labute approximate surface area is 132 Å². The maximum Gasteiger partial charge on any atom is 0.339 e. The first-order valence-corrected chi connectivity index (χ1v) is 7.24. The summed E-state index contributed by atoms with van der Waals surface area (Å²) in [5, 5.41) is 9.10. The van der Waals surface area contributed by atoms with E-state index in [4.69, 9.17) is 15.6 Å². The maximum atomic E-state index is 11.8. The molecule has 2 aromatic carbocycles. The number of anilines is 1. The zero-order chi connectivity index (χ0) is 16.3. The lowest BCUT2D eigenvalue weighted by Gasteiger charge is -2.11. The van der Waals surface area contributed by atoms with E-state index < -0.39 is 11.9 Å². The van der Waals surface area contributed by atoms with Gasteiger partial charge in [-0.05, 0) is 36.8 Å². The van der Waals surface area contributed by atoms with Crippen LogP contribution in [0.15, 0.2) is 46.2 Å². The van der Waals surface area contributed by atoms with Crippen molar-refractivity contribution in [3.05, 3.63) is 53.1 Å². The second kappa shape index (κ2) is 6.53. The van der Waals surface area contributed by atoms with Crippen molar-refractivity contribution in [1.29, 1.82) is 0 Å². The van der Waals surface area contributed by atoms with Gasteiger partial charge in [-0.15, -0.1) is 0 Å².